The molecule has 6 heteroatoms. The minimum Gasteiger partial charge on any atom is -0.380 e. The zero-order valence-corrected chi connectivity index (χ0v) is 19.0. The maximum absolute atomic E-state index is 12.8. The van der Waals surface area contributed by atoms with Gasteiger partial charge in [0.25, 0.3) is 5.91 Å². The second-order valence-electron chi connectivity index (χ2n) is 8.90. The van der Waals surface area contributed by atoms with Gasteiger partial charge in [0.15, 0.2) is 0 Å². The normalized spacial score (nSPS) is 15.8. The second kappa shape index (κ2) is 8.30. The number of aromatic nitrogens is 3. The molecule has 1 unspecified atom stereocenters. The summed E-state index contributed by atoms with van der Waals surface area (Å²) < 4.78 is 2.13. The molecular formula is C28H25N5O. The van der Waals surface area contributed by atoms with Gasteiger partial charge in [0.05, 0.1) is 11.0 Å². The van der Waals surface area contributed by atoms with Gasteiger partial charge < -0.3 is 14.8 Å². The van der Waals surface area contributed by atoms with Gasteiger partial charge in [-0.05, 0) is 53.8 Å². The Labute approximate surface area is 197 Å². The van der Waals surface area contributed by atoms with Crippen LogP contribution in [-0.2, 0) is 7.05 Å². The Kier molecular flexibility index (Phi) is 4.99. The zero-order valence-electron chi connectivity index (χ0n) is 19.0. The van der Waals surface area contributed by atoms with Gasteiger partial charge in [-0.2, -0.15) is 0 Å². The number of aryl methyl sites for hydroxylation is 1. The van der Waals surface area contributed by atoms with Gasteiger partial charge in [0.1, 0.15) is 0 Å². The van der Waals surface area contributed by atoms with Gasteiger partial charge in [-0.1, -0.05) is 30.3 Å². The lowest BCUT2D eigenvalue weighted by molar-refractivity contribution is 0.0791. The van der Waals surface area contributed by atoms with Crippen LogP contribution in [0, 0.1) is 0 Å². The van der Waals surface area contributed by atoms with Crippen molar-refractivity contribution in [2.75, 3.05) is 18.4 Å². The van der Waals surface area contributed by atoms with Crippen LogP contribution in [-0.4, -0.2) is 44.5 Å². The molecule has 1 atom stereocenters. The standard InChI is InChI=1S/C28H25N5O/c1-32-13-9-19-7-8-21(15-26(19)32)24-16-23(17-25-27(24)30-12-11-29-25)31-22-10-14-33(18-22)28(34)20-5-3-2-4-6-20/h2-9,11-13,15-17,22,31H,10,14,18H2,1H3. The summed E-state index contributed by atoms with van der Waals surface area (Å²) in [6, 6.07) is 22.5. The lowest BCUT2D eigenvalue weighted by atomic mass is 10.0. The Morgan fingerprint density at radius 3 is 2.74 bits per heavy atom. The number of fused-ring (bicyclic) bond motifs is 2. The van der Waals surface area contributed by atoms with Crippen LogP contribution < -0.4 is 5.32 Å². The van der Waals surface area contributed by atoms with E-state index in [-0.39, 0.29) is 11.9 Å². The van der Waals surface area contributed by atoms with Gasteiger partial charge in [0.2, 0.25) is 0 Å². The molecule has 1 saturated heterocycles. The number of anilines is 1. The van der Waals surface area contributed by atoms with Crippen LogP contribution in [0.5, 0.6) is 0 Å². The lowest BCUT2D eigenvalue weighted by Gasteiger charge is -2.19. The first-order chi connectivity index (χ1) is 16.7. The van der Waals surface area contributed by atoms with E-state index in [1.807, 2.05) is 35.2 Å². The number of amides is 1. The third-order valence-electron chi connectivity index (χ3n) is 6.64. The molecule has 1 amide bonds. The Hall–Kier alpha value is -4.19. The van der Waals surface area contributed by atoms with Crippen LogP contribution in [0.4, 0.5) is 5.69 Å². The predicted octanol–water partition coefficient (Wildman–Crippen LogP) is 5.12. The van der Waals surface area contributed by atoms with Crippen LogP contribution in [0.1, 0.15) is 16.8 Å². The summed E-state index contributed by atoms with van der Waals surface area (Å²) >= 11 is 0. The molecule has 0 spiro atoms. The van der Waals surface area contributed by atoms with Crippen molar-refractivity contribution in [1.82, 2.24) is 19.4 Å². The Balaban J connectivity index is 1.31. The minimum atomic E-state index is 0.0887. The Morgan fingerprint density at radius 2 is 1.85 bits per heavy atom. The van der Waals surface area contributed by atoms with Crippen molar-refractivity contribution in [3.05, 3.63) is 90.9 Å². The fraction of sp³-hybridized carbons (Fsp3) is 0.179. The minimum absolute atomic E-state index is 0.0887. The SMILES string of the molecule is Cn1ccc2ccc(-c3cc(NC4CCN(C(=O)c5ccccc5)C4)cc4nccnc34)cc21. The first-order valence-corrected chi connectivity index (χ1v) is 11.6. The summed E-state index contributed by atoms with van der Waals surface area (Å²) in [7, 11) is 2.06. The van der Waals surface area contributed by atoms with E-state index in [4.69, 9.17) is 0 Å². The van der Waals surface area contributed by atoms with Crippen LogP contribution in [0.3, 0.4) is 0 Å². The van der Waals surface area contributed by atoms with E-state index in [9.17, 15) is 4.79 Å². The van der Waals surface area contributed by atoms with Gasteiger partial charge >= 0.3 is 0 Å². The smallest absolute Gasteiger partial charge is 0.253 e. The molecule has 1 fully saturated rings. The molecule has 3 heterocycles. The maximum Gasteiger partial charge on any atom is 0.253 e. The van der Waals surface area contributed by atoms with Crippen molar-refractivity contribution in [2.24, 2.45) is 7.05 Å². The van der Waals surface area contributed by atoms with Gasteiger partial charge in [0, 0.05) is 67.1 Å². The van der Waals surface area contributed by atoms with Crippen LogP contribution in [0.15, 0.2) is 85.3 Å². The highest BCUT2D eigenvalue weighted by molar-refractivity contribution is 5.97. The first-order valence-electron chi connectivity index (χ1n) is 11.6. The summed E-state index contributed by atoms with van der Waals surface area (Å²) in [6.45, 7) is 1.42. The average Bonchev–Trinajstić information content (AvgIpc) is 3.50. The van der Waals surface area contributed by atoms with Crippen LogP contribution in [0.25, 0.3) is 33.1 Å². The molecule has 1 N–H and O–H groups in total. The highest BCUT2D eigenvalue weighted by Gasteiger charge is 2.27. The maximum atomic E-state index is 12.8. The molecule has 2 aromatic heterocycles. The topological polar surface area (TPSA) is 63.1 Å². The number of rotatable bonds is 4. The quantitative estimate of drug-likeness (QED) is 0.416. The molecule has 0 saturated carbocycles. The monoisotopic (exact) mass is 447 g/mol. The molecule has 5 aromatic rings. The van der Waals surface area contributed by atoms with E-state index in [1.54, 1.807) is 12.4 Å². The van der Waals surface area contributed by atoms with Gasteiger partial charge in [-0.25, -0.2) is 0 Å². The Morgan fingerprint density at radius 1 is 1.00 bits per heavy atom. The number of hydrogen-bond donors (Lipinski definition) is 1. The van der Waals surface area contributed by atoms with Crippen LogP contribution >= 0.6 is 0 Å². The molecule has 1 aliphatic heterocycles. The fourth-order valence-electron chi connectivity index (χ4n) is 4.87. The van der Waals surface area contributed by atoms with E-state index in [1.165, 1.54) is 10.9 Å². The molecule has 6 nitrogen and oxygen atoms in total. The number of hydrogen-bond acceptors (Lipinski definition) is 4. The van der Waals surface area contributed by atoms with Crippen molar-refractivity contribution < 1.29 is 4.79 Å². The number of benzene rings is 3. The highest BCUT2D eigenvalue weighted by atomic mass is 16.2. The number of nitrogens with one attached hydrogen (secondary N) is 1. The van der Waals surface area contributed by atoms with Gasteiger partial charge in [-0.3, -0.25) is 14.8 Å². The van der Waals surface area contributed by atoms with E-state index < -0.39 is 0 Å². The molecular weight excluding hydrogens is 422 g/mol. The zero-order chi connectivity index (χ0) is 23.1. The molecule has 0 bridgehead atoms. The molecule has 3 aromatic carbocycles. The number of carbonyl (C=O) groups is 1. The Bertz CT molecular complexity index is 1510. The summed E-state index contributed by atoms with van der Waals surface area (Å²) in [6.07, 6.45) is 6.45. The molecule has 0 radical (unpaired) electrons. The van der Waals surface area contributed by atoms with Crippen molar-refractivity contribution in [2.45, 2.75) is 12.5 Å². The number of carbonyl (C=O) groups excluding carboxylic acids is 1. The summed E-state index contributed by atoms with van der Waals surface area (Å²) in [5, 5.41) is 4.87. The third kappa shape index (κ3) is 3.67. The molecule has 0 aliphatic carbocycles. The molecule has 6 rings (SSSR count). The molecule has 168 valence electrons. The van der Waals surface area contributed by atoms with Crippen LogP contribution in [0.2, 0.25) is 0 Å². The third-order valence-corrected chi connectivity index (χ3v) is 6.64. The number of likely N-dealkylation sites (tertiary alicyclic amines) is 1. The van der Waals surface area contributed by atoms with E-state index in [0.29, 0.717) is 6.54 Å². The van der Waals surface area contributed by atoms with E-state index in [0.717, 1.165) is 46.4 Å². The lowest BCUT2D eigenvalue weighted by Crippen LogP contribution is -2.31. The van der Waals surface area contributed by atoms with Crippen molar-refractivity contribution in [3.8, 4) is 11.1 Å². The average molecular weight is 448 g/mol. The first kappa shape index (κ1) is 20.4. The van der Waals surface area contributed by atoms with E-state index in [2.05, 4.69) is 69.5 Å². The largest absolute Gasteiger partial charge is 0.380 e. The van der Waals surface area contributed by atoms with E-state index >= 15 is 0 Å². The number of nitrogens with zero attached hydrogens (tertiary/aromatic N) is 4. The second-order valence-corrected chi connectivity index (χ2v) is 8.90. The molecule has 1 aliphatic rings. The summed E-state index contributed by atoms with van der Waals surface area (Å²) in [5.41, 5.74) is 6.80. The summed E-state index contributed by atoms with van der Waals surface area (Å²) in [5.74, 6) is 0.0887. The van der Waals surface area contributed by atoms with Crippen molar-refractivity contribution in [3.63, 3.8) is 0 Å². The highest BCUT2D eigenvalue weighted by Crippen LogP contribution is 2.33. The van der Waals surface area contributed by atoms with Gasteiger partial charge in [-0.15, -0.1) is 0 Å². The van der Waals surface area contributed by atoms with Crippen molar-refractivity contribution in [1.29, 1.82) is 0 Å². The predicted molar refractivity (Wildman–Crippen MR) is 136 cm³/mol. The molecule has 34 heavy (non-hydrogen) atoms. The fourth-order valence-corrected chi connectivity index (χ4v) is 4.87. The summed E-state index contributed by atoms with van der Waals surface area (Å²) in [4.78, 5) is 24.0. The van der Waals surface area contributed by atoms with Crippen molar-refractivity contribution >= 4 is 33.5 Å².